The van der Waals surface area contributed by atoms with Crippen LogP contribution in [0, 0.1) is 14.9 Å². The predicted octanol–water partition coefficient (Wildman–Crippen LogP) is 2.72. The first-order valence-corrected chi connectivity index (χ1v) is 6.94. The van der Waals surface area contributed by atoms with Gasteiger partial charge in [-0.05, 0) is 49.4 Å². The van der Waals surface area contributed by atoms with E-state index in [-0.39, 0.29) is 6.04 Å². The van der Waals surface area contributed by atoms with Crippen LogP contribution in [0.2, 0.25) is 0 Å². The van der Waals surface area contributed by atoms with Gasteiger partial charge in [0.25, 0.3) is 0 Å². The van der Waals surface area contributed by atoms with Crippen LogP contribution in [0.15, 0.2) is 12.4 Å². The number of nitrogens with one attached hydrogen (secondary N) is 1. The molecule has 0 bridgehead atoms. The molecule has 0 aliphatic carbocycles. The van der Waals surface area contributed by atoms with Gasteiger partial charge in [0, 0.05) is 12.6 Å². The summed E-state index contributed by atoms with van der Waals surface area (Å²) in [6.07, 6.45) is 5.62. The van der Waals surface area contributed by atoms with E-state index in [0.29, 0.717) is 0 Å². The molecule has 1 rings (SSSR count). The van der Waals surface area contributed by atoms with Crippen LogP contribution in [0.1, 0.15) is 39.7 Å². The molecular weight excluding hydrogens is 327 g/mol. The van der Waals surface area contributed by atoms with Crippen LogP contribution in [0.25, 0.3) is 0 Å². The van der Waals surface area contributed by atoms with E-state index in [4.69, 9.17) is 0 Å². The summed E-state index contributed by atoms with van der Waals surface area (Å²) < 4.78 is 3.04. The van der Waals surface area contributed by atoms with Crippen LogP contribution >= 0.6 is 22.6 Å². The lowest BCUT2D eigenvalue weighted by atomic mass is 9.95. The number of aromatic nitrogens is 2. The molecule has 0 spiro atoms. The monoisotopic (exact) mass is 346 g/mol. The van der Waals surface area contributed by atoms with E-state index >= 15 is 0 Å². The average Bonchev–Trinajstić information content (AvgIpc) is 2.73. The molecule has 0 aliphatic rings. The molecule has 1 N–H and O–H groups in total. The van der Waals surface area contributed by atoms with Crippen LogP contribution in [-0.4, -0.2) is 21.9 Å². The lowest BCUT2D eigenvalue weighted by molar-refractivity contribution is 0.333. The van der Waals surface area contributed by atoms with Crippen LogP contribution in [0.4, 0.5) is 0 Å². The van der Waals surface area contributed by atoms with Crippen molar-refractivity contribution >= 4 is 22.6 Å². The maximum atomic E-state index is 9.27. The molecule has 0 radical (unpaired) electrons. The van der Waals surface area contributed by atoms with Crippen LogP contribution in [0.5, 0.6) is 0 Å². The molecule has 17 heavy (non-hydrogen) atoms. The molecule has 2 unspecified atom stereocenters. The van der Waals surface area contributed by atoms with Crippen molar-refractivity contribution in [3.63, 3.8) is 0 Å². The highest BCUT2D eigenvalue weighted by molar-refractivity contribution is 14.1. The van der Waals surface area contributed by atoms with Crippen LogP contribution in [-0.2, 0) is 0 Å². The Bertz CT molecular complexity index is 395. The molecule has 1 heterocycles. The summed E-state index contributed by atoms with van der Waals surface area (Å²) in [5.74, 6) is 0. The third kappa shape index (κ3) is 4.28. The van der Waals surface area contributed by atoms with Gasteiger partial charge >= 0.3 is 0 Å². The Morgan fingerprint density at radius 1 is 1.71 bits per heavy atom. The molecule has 0 fully saturated rings. The smallest absolute Gasteiger partial charge is 0.105 e. The summed E-state index contributed by atoms with van der Waals surface area (Å²) >= 11 is 2.24. The standard InChI is InChI=1S/C12H19IN4/c1-4-5-15-12(3,9-14)6-10(2)17-8-11(13)7-16-17/h7-8,10,15H,4-6H2,1-3H3. The molecule has 1 aromatic heterocycles. The topological polar surface area (TPSA) is 53.6 Å². The van der Waals surface area contributed by atoms with E-state index in [9.17, 15) is 5.26 Å². The molecule has 4 nitrogen and oxygen atoms in total. The van der Waals surface area contributed by atoms with Crippen LogP contribution < -0.4 is 5.32 Å². The fraction of sp³-hybridized carbons (Fsp3) is 0.667. The van der Waals surface area contributed by atoms with Crippen molar-refractivity contribution in [2.45, 2.75) is 45.2 Å². The van der Waals surface area contributed by atoms with Gasteiger partial charge in [0.2, 0.25) is 0 Å². The molecule has 2 atom stereocenters. The van der Waals surface area contributed by atoms with E-state index in [1.807, 2.05) is 24.0 Å². The van der Waals surface area contributed by atoms with Crippen molar-refractivity contribution < 1.29 is 0 Å². The fourth-order valence-corrected chi connectivity index (χ4v) is 2.21. The van der Waals surface area contributed by atoms with Gasteiger partial charge in [0.1, 0.15) is 5.54 Å². The van der Waals surface area contributed by atoms with Crippen molar-refractivity contribution in [1.82, 2.24) is 15.1 Å². The van der Waals surface area contributed by atoms with E-state index < -0.39 is 5.54 Å². The maximum absolute atomic E-state index is 9.27. The molecule has 0 aromatic carbocycles. The Labute approximate surface area is 117 Å². The lowest BCUT2D eigenvalue weighted by Gasteiger charge is -2.26. The minimum Gasteiger partial charge on any atom is -0.300 e. The molecule has 0 aliphatic heterocycles. The summed E-state index contributed by atoms with van der Waals surface area (Å²) in [6, 6.07) is 2.58. The summed E-state index contributed by atoms with van der Waals surface area (Å²) in [4.78, 5) is 0. The van der Waals surface area contributed by atoms with Gasteiger partial charge in [-0.15, -0.1) is 0 Å². The molecule has 94 valence electrons. The first-order valence-electron chi connectivity index (χ1n) is 5.86. The highest BCUT2D eigenvalue weighted by Gasteiger charge is 2.26. The minimum absolute atomic E-state index is 0.215. The molecule has 1 aromatic rings. The van der Waals surface area contributed by atoms with E-state index in [0.717, 1.165) is 23.0 Å². The summed E-state index contributed by atoms with van der Waals surface area (Å²) in [7, 11) is 0. The quantitative estimate of drug-likeness (QED) is 0.806. The summed E-state index contributed by atoms with van der Waals surface area (Å²) in [5, 5.41) is 16.9. The van der Waals surface area contributed by atoms with Crippen molar-refractivity contribution in [3.05, 3.63) is 16.0 Å². The normalized spacial score (nSPS) is 16.2. The van der Waals surface area contributed by atoms with E-state index in [2.05, 4.69) is 52.9 Å². The molecule has 5 heteroatoms. The Kier molecular flexibility index (Phi) is 5.40. The Balaban J connectivity index is 2.65. The van der Waals surface area contributed by atoms with Crippen LogP contribution in [0.3, 0.4) is 0 Å². The third-order valence-electron chi connectivity index (χ3n) is 2.74. The Morgan fingerprint density at radius 3 is 2.88 bits per heavy atom. The number of hydrogen-bond donors (Lipinski definition) is 1. The second-order valence-electron chi connectivity index (χ2n) is 4.56. The predicted molar refractivity (Wildman–Crippen MR) is 76.6 cm³/mol. The largest absolute Gasteiger partial charge is 0.300 e. The van der Waals surface area contributed by atoms with E-state index in [1.54, 1.807) is 0 Å². The van der Waals surface area contributed by atoms with Gasteiger partial charge < -0.3 is 0 Å². The molecule has 0 saturated heterocycles. The Hall–Kier alpha value is -0.610. The zero-order chi connectivity index (χ0) is 12.9. The van der Waals surface area contributed by atoms with Crippen molar-refractivity contribution in [2.24, 2.45) is 0 Å². The first-order chi connectivity index (χ1) is 8.00. The zero-order valence-corrected chi connectivity index (χ0v) is 12.7. The van der Waals surface area contributed by atoms with Gasteiger partial charge in [-0.25, -0.2) is 0 Å². The molecule has 0 amide bonds. The second kappa shape index (κ2) is 6.36. The first kappa shape index (κ1) is 14.5. The highest BCUT2D eigenvalue weighted by Crippen LogP contribution is 2.20. The maximum Gasteiger partial charge on any atom is 0.105 e. The van der Waals surface area contributed by atoms with Gasteiger partial charge in [-0.3, -0.25) is 10.00 Å². The second-order valence-corrected chi connectivity index (χ2v) is 5.81. The SMILES string of the molecule is CCCNC(C)(C#N)CC(C)n1cc(I)cn1. The minimum atomic E-state index is -0.479. The molecule has 0 saturated carbocycles. The summed E-state index contributed by atoms with van der Waals surface area (Å²) in [5.41, 5.74) is -0.479. The van der Waals surface area contributed by atoms with Crippen molar-refractivity contribution in [3.8, 4) is 6.07 Å². The van der Waals surface area contributed by atoms with Gasteiger partial charge in [0.15, 0.2) is 0 Å². The highest BCUT2D eigenvalue weighted by atomic mass is 127. The number of hydrogen-bond acceptors (Lipinski definition) is 3. The van der Waals surface area contributed by atoms with Gasteiger partial charge in [-0.1, -0.05) is 6.92 Å². The van der Waals surface area contributed by atoms with Gasteiger partial charge in [0.05, 0.1) is 21.9 Å². The number of nitriles is 1. The fourth-order valence-electron chi connectivity index (χ4n) is 1.80. The van der Waals surface area contributed by atoms with Crippen molar-refractivity contribution in [2.75, 3.05) is 6.54 Å². The number of rotatable bonds is 6. The van der Waals surface area contributed by atoms with Gasteiger partial charge in [-0.2, -0.15) is 10.4 Å². The van der Waals surface area contributed by atoms with E-state index in [1.165, 1.54) is 0 Å². The number of halogens is 1. The Morgan fingerprint density at radius 2 is 2.41 bits per heavy atom. The lowest BCUT2D eigenvalue weighted by Crippen LogP contribution is -2.43. The zero-order valence-electron chi connectivity index (χ0n) is 10.6. The third-order valence-corrected chi connectivity index (χ3v) is 3.29. The van der Waals surface area contributed by atoms with Crippen molar-refractivity contribution in [1.29, 1.82) is 5.26 Å². The average molecular weight is 346 g/mol. The molecular formula is C12H19IN4. The number of nitrogens with zero attached hydrogens (tertiary/aromatic N) is 3. The summed E-state index contributed by atoms with van der Waals surface area (Å²) in [6.45, 7) is 7.01.